The van der Waals surface area contributed by atoms with Gasteiger partial charge in [0.15, 0.2) is 0 Å². The lowest BCUT2D eigenvalue weighted by Gasteiger charge is -2.18. The second kappa shape index (κ2) is 48.7. The molecule has 2 atom stereocenters. The number of carbonyl (C=O) groups excluding carboxylic acids is 3. The van der Waals surface area contributed by atoms with Crippen molar-refractivity contribution in [3.8, 4) is 0 Å². The molecule has 0 aromatic heterocycles. The van der Waals surface area contributed by atoms with Gasteiger partial charge < -0.3 is 25.6 Å². The fourth-order valence-electron chi connectivity index (χ4n) is 7.27. The van der Waals surface area contributed by atoms with E-state index >= 15 is 0 Å². The molecule has 0 saturated heterocycles. The summed E-state index contributed by atoms with van der Waals surface area (Å²) in [6.45, 7) is 3.36. The minimum Gasteiger partial charge on any atom is -0.480 e. The van der Waals surface area contributed by atoms with E-state index in [1.165, 1.54) is 96.3 Å². The van der Waals surface area contributed by atoms with Gasteiger partial charge >= 0.3 is 11.9 Å². The van der Waals surface area contributed by atoms with Crippen molar-refractivity contribution in [3.63, 3.8) is 0 Å². The molecule has 9 nitrogen and oxygen atoms in total. The van der Waals surface area contributed by atoms with Gasteiger partial charge in [0.1, 0.15) is 12.1 Å². The summed E-state index contributed by atoms with van der Waals surface area (Å²) in [6.07, 6.45) is 62.2. The number of esters is 1. The van der Waals surface area contributed by atoms with Crippen LogP contribution in [0.2, 0.25) is 0 Å². The number of carboxylic acids is 1. The summed E-state index contributed by atoms with van der Waals surface area (Å²) in [5.41, 5.74) is 0. The number of hydrogen-bond acceptors (Lipinski definition) is 6. The molecule has 0 aromatic carbocycles. The molecule has 0 aliphatic heterocycles. The fourth-order valence-corrected chi connectivity index (χ4v) is 7.27. The van der Waals surface area contributed by atoms with Crippen LogP contribution in [0.1, 0.15) is 226 Å². The van der Waals surface area contributed by atoms with Crippen LogP contribution in [0, 0.1) is 0 Å². The first-order chi connectivity index (χ1) is 31.3. The van der Waals surface area contributed by atoms with Gasteiger partial charge in [0.2, 0.25) is 11.8 Å². The number of hydrogen-bond donors (Lipinski definition) is 4. The molecular weight excluding hydrogens is 801 g/mol. The average Bonchev–Trinajstić information content (AvgIpc) is 3.28. The van der Waals surface area contributed by atoms with Gasteiger partial charge in [-0.25, -0.2) is 4.79 Å². The Labute approximate surface area is 391 Å². The van der Waals surface area contributed by atoms with Gasteiger partial charge in [0.25, 0.3) is 0 Å². The van der Waals surface area contributed by atoms with Gasteiger partial charge in [-0.1, -0.05) is 183 Å². The van der Waals surface area contributed by atoms with Gasteiger partial charge in [-0.15, -0.1) is 0 Å². The number of rotatable bonds is 46. The van der Waals surface area contributed by atoms with Crippen molar-refractivity contribution in [2.24, 2.45) is 0 Å². The minimum atomic E-state index is -1.39. The maximum atomic E-state index is 12.9. The Hall–Kier alpha value is -3.72. The van der Waals surface area contributed by atoms with E-state index in [1.54, 1.807) is 0 Å². The first-order valence-corrected chi connectivity index (χ1v) is 25.8. The van der Waals surface area contributed by atoms with Crippen LogP contribution in [-0.2, 0) is 23.9 Å². The topological polar surface area (TPSA) is 142 Å². The highest BCUT2D eigenvalue weighted by atomic mass is 16.5. The lowest BCUT2D eigenvalue weighted by molar-refractivity contribution is -0.150. The van der Waals surface area contributed by atoms with Crippen molar-refractivity contribution in [2.75, 3.05) is 13.2 Å². The van der Waals surface area contributed by atoms with Gasteiger partial charge in [-0.05, 0) is 103 Å². The molecule has 366 valence electrons. The Morgan fingerprint density at radius 1 is 0.484 bits per heavy atom. The second-order valence-electron chi connectivity index (χ2n) is 17.2. The molecule has 9 heteroatoms. The van der Waals surface area contributed by atoms with Crippen LogP contribution in [0.25, 0.3) is 0 Å². The molecule has 0 rings (SSSR count). The summed E-state index contributed by atoms with van der Waals surface area (Å²) >= 11 is 0. The SMILES string of the molecule is CC/C=C\C/C=C\C/C=C\C/C=C\CCCCCCCCCCCCC(=O)OC(CCC/C=C\C/C=C\CCCCCCC)CCCCCCCC(=O)NCC(=O)NC(CO)C(=O)O. The third kappa shape index (κ3) is 44.9. The van der Waals surface area contributed by atoms with Gasteiger partial charge in [0, 0.05) is 12.8 Å². The molecular formula is C55H94N2O7. The van der Waals surface area contributed by atoms with Crippen LogP contribution in [-0.4, -0.2) is 59.3 Å². The average molecular weight is 895 g/mol. The summed E-state index contributed by atoms with van der Waals surface area (Å²) in [4.78, 5) is 47.8. The Balaban J connectivity index is 4.30. The standard InChI is InChI=1S/C55H94N2O7/c1-3-5-7-9-11-13-15-17-18-19-20-21-22-23-24-25-26-28-30-32-34-39-43-47-54(61)64-50(44-40-36-33-31-29-27-16-14-12-10-8-6-4-2)45-41-37-35-38-42-46-52(59)56-48-53(60)57-51(49-58)55(62)63/h5,7,11,13,16-18,20-21,27,31,33,50-51,58H,3-4,6,8-10,12,14-15,19,22-26,28-30,32,34-49H2,1-2H3,(H,56,59)(H,57,60)(H,62,63)/b7-5-,13-11-,18-17-,21-20-,27-16-,33-31-. The number of carbonyl (C=O) groups is 4. The third-order valence-electron chi connectivity index (χ3n) is 11.2. The second-order valence-corrected chi connectivity index (χ2v) is 17.2. The third-order valence-corrected chi connectivity index (χ3v) is 11.2. The number of ether oxygens (including phenoxy) is 1. The molecule has 0 bridgehead atoms. The van der Waals surface area contributed by atoms with E-state index in [2.05, 4.69) is 97.4 Å². The predicted molar refractivity (Wildman–Crippen MR) is 268 cm³/mol. The maximum Gasteiger partial charge on any atom is 0.328 e. The zero-order valence-corrected chi connectivity index (χ0v) is 40.8. The van der Waals surface area contributed by atoms with Crippen LogP contribution in [0.4, 0.5) is 0 Å². The number of unbranched alkanes of at least 4 members (excludes halogenated alkanes) is 20. The Morgan fingerprint density at radius 3 is 1.41 bits per heavy atom. The van der Waals surface area contributed by atoms with Crippen LogP contribution < -0.4 is 10.6 Å². The van der Waals surface area contributed by atoms with Crippen LogP contribution in [0.5, 0.6) is 0 Å². The van der Waals surface area contributed by atoms with Gasteiger partial charge in [-0.2, -0.15) is 0 Å². The van der Waals surface area contributed by atoms with Crippen molar-refractivity contribution in [2.45, 2.75) is 238 Å². The summed E-state index contributed by atoms with van der Waals surface area (Å²) in [7, 11) is 0. The minimum absolute atomic E-state index is 0.0640. The van der Waals surface area contributed by atoms with E-state index in [1.807, 2.05) is 0 Å². The first-order valence-electron chi connectivity index (χ1n) is 25.8. The van der Waals surface area contributed by atoms with E-state index in [-0.39, 0.29) is 30.9 Å². The summed E-state index contributed by atoms with van der Waals surface area (Å²) < 4.78 is 6.04. The summed E-state index contributed by atoms with van der Waals surface area (Å²) in [6, 6.07) is -1.39. The van der Waals surface area contributed by atoms with Crippen molar-refractivity contribution >= 4 is 23.8 Å². The van der Waals surface area contributed by atoms with E-state index in [9.17, 15) is 19.2 Å². The van der Waals surface area contributed by atoms with Crippen molar-refractivity contribution < 1.29 is 34.1 Å². The first kappa shape index (κ1) is 60.3. The van der Waals surface area contributed by atoms with E-state index in [0.717, 1.165) is 96.3 Å². The highest BCUT2D eigenvalue weighted by molar-refractivity contribution is 5.87. The monoisotopic (exact) mass is 895 g/mol. The molecule has 0 radical (unpaired) electrons. The zero-order valence-electron chi connectivity index (χ0n) is 40.8. The number of aliphatic hydroxyl groups excluding tert-OH is 1. The zero-order chi connectivity index (χ0) is 46.8. The molecule has 4 N–H and O–H groups in total. The maximum absolute atomic E-state index is 12.9. The molecule has 0 heterocycles. The normalized spacial score (nSPS) is 13.0. The van der Waals surface area contributed by atoms with Crippen LogP contribution in [0.15, 0.2) is 72.9 Å². The lowest BCUT2D eigenvalue weighted by Crippen LogP contribution is -2.47. The molecule has 2 unspecified atom stereocenters. The molecule has 64 heavy (non-hydrogen) atoms. The Kier molecular flexibility index (Phi) is 45.9. The molecule has 0 aliphatic rings. The lowest BCUT2D eigenvalue weighted by atomic mass is 10.0. The predicted octanol–water partition coefficient (Wildman–Crippen LogP) is 13.8. The number of aliphatic hydroxyl groups is 1. The van der Waals surface area contributed by atoms with E-state index < -0.39 is 24.5 Å². The number of allylic oxidation sites excluding steroid dienone is 12. The molecule has 0 aromatic rings. The molecule has 0 fully saturated rings. The van der Waals surface area contributed by atoms with Gasteiger partial charge in [-0.3, -0.25) is 14.4 Å². The molecule has 0 saturated carbocycles. The van der Waals surface area contributed by atoms with Crippen molar-refractivity contribution in [1.82, 2.24) is 10.6 Å². The number of carboxylic acid groups (broad SMARTS) is 1. The Morgan fingerprint density at radius 2 is 0.906 bits per heavy atom. The van der Waals surface area contributed by atoms with E-state index in [4.69, 9.17) is 14.9 Å². The van der Waals surface area contributed by atoms with Crippen LogP contribution >= 0.6 is 0 Å². The smallest absolute Gasteiger partial charge is 0.328 e. The molecule has 2 amide bonds. The quantitative estimate of drug-likeness (QED) is 0.0271. The Bertz CT molecular complexity index is 1300. The highest BCUT2D eigenvalue weighted by Crippen LogP contribution is 2.18. The summed E-state index contributed by atoms with van der Waals surface area (Å²) in [5, 5.41) is 22.6. The van der Waals surface area contributed by atoms with E-state index in [0.29, 0.717) is 12.8 Å². The fraction of sp³-hybridized carbons (Fsp3) is 0.709. The number of nitrogens with one attached hydrogen (secondary N) is 2. The van der Waals surface area contributed by atoms with Crippen LogP contribution in [0.3, 0.4) is 0 Å². The number of amides is 2. The van der Waals surface area contributed by atoms with Crippen molar-refractivity contribution in [3.05, 3.63) is 72.9 Å². The summed E-state index contributed by atoms with van der Waals surface area (Å²) in [5.74, 6) is -2.33. The number of aliphatic carboxylic acids is 1. The van der Waals surface area contributed by atoms with Gasteiger partial charge in [0.05, 0.1) is 13.2 Å². The van der Waals surface area contributed by atoms with Crippen molar-refractivity contribution in [1.29, 1.82) is 0 Å². The largest absolute Gasteiger partial charge is 0.480 e. The highest BCUT2D eigenvalue weighted by Gasteiger charge is 2.19. The molecule has 0 aliphatic carbocycles. The molecule has 0 spiro atoms.